The number of hydrogen-bond donors (Lipinski definition) is 0. The zero-order valence-corrected chi connectivity index (χ0v) is 13.6. The Morgan fingerprint density at radius 2 is 0.808 bits per heavy atom. The van der Waals surface area contributed by atoms with Crippen LogP contribution in [0.5, 0.6) is 0 Å². The largest absolute Gasteiger partial charge is 0.207 e. The van der Waals surface area contributed by atoms with Gasteiger partial charge in [0.25, 0.3) is 0 Å². The zero-order chi connectivity index (χ0) is 18.5. The molecule has 3 aromatic carbocycles. The molecule has 3 aromatic rings. The lowest BCUT2D eigenvalue weighted by atomic mass is 10.1. The summed E-state index contributed by atoms with van der Waals surface area (Å²) in [6.07, 6.45) is 6.01. The fourth-order valence-corrected chi connectivity index (χ4v) is 2.35. The molecule has 0 aromatic heterocycles. The zero-order valence-electron chi connectivity index (χ0n) is 13.6. The second-order valence-electron chi connectivity index (χ2n) is 5.67. The molecule has 0 radical (unpaired) electrons. The van der Waals surface area contributed by atoms with Crippen LogP contribution in [-0.4, -0.2) is 0 Å². The predicted octanol–water partition coefficient (Wildman–Crippen LogP) is 6.58. The summed E-state index contributed by atoms with van der Waals surface area (Å²) in [7, 11) is 0. The Labute approximate surface area is 148 Å². The van der Waals surface area contributed by atoms with E-state index in [0.717, 1.165) is 12.1 Å². The van der Waals surface area contributed by atoms with E-state index >= 15 is 0 Å². The van der Waals surface area contributed by atoms with Crippen LogP contribution in [0.25, 0.3) is 24.3 Å². The summed E-state index contributed by atoms with van der Waals surface area (Å²) in [5.74, 6) is -1.89. The molecule has 0 saturated carbocycles. The fraction of sp³-hybridized carbons (Fsp3) is 0. The molecule has 0 aliphatic heterocycles. The van der Waals surface area contributed by atoms with Gasteiger partial charge >= 0.3 is 0 Å². The molecule has 0 heterocycles. The molecule has 0 N–H and O–H groups in total. The Balaban J connectivity index is 1.81. The van der Waals surface area contributed by atoms with Crippen LogP contribution in [0.1, 0.15) is 22.3 Å². The quantitative estimate of drug-likeness (QED) is 0.366. The molecule has 0 fully saturated rings. The van der Waals surface area contributed by atoms with E-state index < -0.39 is 11.6 Å². The van der Waals surface area contributed by atoms with Crippen molar-refractivity contribution in [2.24, 2.45) is 0 Å². The molecule has 0 spiro atoms. The molecular formula is C22H14F4. The lowest BCUT2D eigenvalue weighted by Crippen LogP contribution is -1.89. The monoisotopic (exact) mass is 354 g/mol. The van der Waals surface area contributed by atoms with E-state index in [1.54, 1.807) is 36.4 Å². The topological polar surface area (TPSA) is 0 Å². The van der Waals surface area contributed by atoms with Crippen LogP contribution >= 0.6 is 0 Å². The van der Waals surface area contributed by atoms with Crippen molar-refractivity contribution in [1.82, 2.24) is 0 Å². The Morgan fingerprint density at radius 3 is 1.15 bits per heavy atom. The molecule has 0 bridgehead atoms. The standard InChI is InChI=1S/C22H14F4/c23-19-9-3-15(4-10-19)1-7-17-13-22(26)18(14-21(17)25)8-2-16-5-11-20(24)12-6-16/h1-14H/b7-1+,8-2+. The van der Waals surface area contributed by atoms with Gasteiger partial charge in [-0.15, -0.1) is 0 Å². The summed E-state index contributed by atoms with van der Waals surface area (Å²) >= 11 is 0. The number of rotatable bonds is 4. The first-order chi connectivity index (χ1) is 12.5. The van der Waals surface area contributed by atoms with Gasteiger partial charge in [-0.05, 0) is 47.5 Å². The maximum atomic E-state index is 14.2. The fourth-order valence-electron chi connectivity index (χ4n) is 2.35. The van der Waals surface area contributed by atoms with Crippen LogP contribution in [0.15, 0.2) is 60.7 Å². The number of benzene rings is 3. The molecule has 130 valence electrons. The Kier molecular flexibility index (Phi) is 5.32. The van der Waals surface area contributed by atoms with Gasteiger partial charge in [-0.3, -0.25) is 0 Å². The Bertz CT molecular complexity index is 871. The minimum Gasteiger partial charge on any atom is -0.207 e. The third-order valence-electron chi connectivity index (χ3n) is 3.77. The minimum absolute atomic E-state index is 0.0887. The van der Waals surface area contributed by atoms with Crippen molar-refractivity contribution in [2.75, 3.05) is 0 Å². The van der Waals surface area contributed by atoms with Gasteiger partial charge in [-0.1, -0.05) is 48.6 Å². The molecule has 4 heteroatoms. The van der Waals surface area contributed by atoms with Gasteiger partial charge in [-0.25, -0.2) is 17.6 Å². The first-order valence-electron chi connectivity index (χ1n) is 7.87. The highest BCUT2D eigenvalue weighted by Crippen LogP contribution is 2.20. The molecule has 0 atom stereocenters. The lowest BCUT2D eigenvalue weighted by molar-refractivity contribution is 0.596. The molecule has 26 heavy (non-hydrogen) atoms. The van der Waals surface area contributed by atoms with Gasteiger partial charge in [0, 0.05) is 11.1 Å². The van der Waals surface area contributed by atoms with Crippen molar-refractivity contribution in [3.63, 3.8) is 0 Å². The maximum absolute atomic E-state index is 14.2. The molecule has 0 nitrogen and oxygen atoms in total. The van der Waals surface area contributed by atoms with Crippen molar-refractivity contribution in [3.8, 4) is 0 Å². The maximum Gasteiger partial charge on any atom is 0.131 e. The van der Waals surface area contributed by atoms with Gasteiger partial charge in [-0.2, -0.15) is 0 Å². The van der Waals surface area contributed by atoms with E-state index in [1.807, 2.05) is 0 Å². The van der Waals surface area contributed by atoms with Crippen LogP contribution < -0.4 is 0 Å². The van der Waals surface area contributed by atoms with Crippen molar-refractivity contribution < 1.29 is 17.6 Å². The minimum atomic E-state index is -0.580. The van der Waals surface area contributed by atoms with E-state index in [2.05, 4.69) is 0 Å². The predicted molar refractivity (Wildman–Crippen MR) is 97.0 cm³/mol. The van der Waals surface area contributed by atoms with Gasteiger partial charge in [0.2, 0.25) is 0 Å². The highest BCUT2D eigenvalue weighted by molar-refractivity contribution is 5.73. The summed E-state index contributed by atoms with van der Waals surface area (Å²) < 4.78 is 54.2. The first-order valence-corrected chi connectivity index (χ1v) is 7.87. The third-order valence-corrected chi connectivity index (χ3v) is 3.77. The first kappa shape index (κ1) is 17.7. The number of hydrogen-bond acceptors (Lipinski definition) is 0. The summed E-state index contributed by atoms with van der Waals surface area (Å²) in [5.41, 5.74) is 1.52. The Morgan fingerprint density at radius 1 is 0.462 bits per heavy atom. The number of halogens is 4. The van der Waals surface area contributed by atoms with E-state index in [4.69, 9.17) is 0 Å². The molecule has 0 unspecified atom stereocenters. The van der Waals surface area contributed by atoms with E-state index in [0.29, 0.717) is 11.1 Å². The summed E-state index contributed by atoms with van der Waals surface area (Å²) in [6.45, 7) is 0. The van der Waals surface area contributed by atoms with Crippen LogP contribution in [0.4, 0.5) is 17.6 Å². The molecule has 0 aliphatic rings. The third kappa shape index (κ3) is 4.48. The summed E-state index contributed by atoms with van der Waals surface area (Å²) in [6, 6.07) is 13.5. The average Bonchev–Trinajstić information content (AvgIpc) is 2.63. The summed E-state index contributed by atoms with van der Waals surface area (Å²) in [4.78, 5) is 0. The van der Waals surface area contributed by atoms with Crippen LogP contribution in [0, 0.1) is 23.3 Å². The highest BCUT2D eigenvalue weighted by atomic mass is 19.1. The van der Waals surface area contributed by atoms with Gasteiger partial charge in [0.05, 0.1) is 0 Å². The van der Waals surface area contributed by atoms with Crippen molar-refractivity contribution in [3.05, 3.63) is 106 Å². The van der Waals surface area contributed by atoms with Gasteiger partial charge in [0.15, 0.2) is 0 Å². The normalized spacial score (nSPS) is 11.5. The molecular weight excluding hydrogens is 340 g/mol. The van der Waals surface area contributed by atoms with E-state index in [9.17, 15) is 17.6 Å². The molecule has 0 amide bonds. The van der Waals surface area contributed by atoms with Crippen molar-refractivity contribution >= 4 is 24.3 Å². The lowest BCUT2D eigenvalue weighted by Gasteiger charge is -2.02. The van der Waals surface area contributed by atoms with E-state index in [-0.39, 0.29) is 22.8 Å². The van der Waals surface area contributed by atoms with Gasteiger partial charge in [0.1, 0.15) is 23.3 Å². The van der Waals surface area contributed by atoms with Crippen molar-refractivity contribution in [1.29, 1.82) is 0 Å². The SMILES string of the molecule is Fc1ccc(/C=C/c2cc(F)c(/C=C/c3ccc(F)cc3)cc2F)cc1. The second kappa shape index (κ2) is 7.83. The van der Waals surface area contributed by atoms with Crippen molar-refractivity contribution in [2.45, 2.75) is 0 Å². The van der Waals surface area contributed by atoms with Crippen LogP contribution in [0.2, 0.25) is 0 Å². The summed E-state index contributed by atoms with van der Waals surface area (Å²) in [5, 5.41) is 0. The van der Waals surface area contributed by atoms with Crippen LogP contribution in [0.3, 0.4) is 0 Å². The molecule has 0 aliphatic carbocycles. The molecule has 3 rings (SSSR count). The average molecular weight is 354 g/mol. The van der Waals surface area contributed by atoms with Crippen LogP contribution in [-0.2, 0) is 0 Å². The van der Waals surface area contributed by atoms with E-state index in [1.165, 1.54) is 36.4 Å². The smallest absolute Gasteiger partial charge is 0.131 e. The highest BCUT2D eigenvalue weighted by Gasteiger charge is 2.06. The second-order valence-corrected chi connectivity index (χ2v) is 5.67. The Hall–Kier alpha value is -3.14. The molecule has 0 saturated heterocycles. The van der Waals surface area contributed by atoms with Gasteiger partial charge < -0.3 is 0 Å².